The Morgan fingerprint density at radius 3 is 2.05 bits per heavy atom. The fraction of sp³-hybridized carbons (Fsp3) is 0.576. The molecular formula is C33H44O9. The van der Waals surface area contributed by atoms with Crippen molar-refractivity contribution in [3.05, 3.63) is 59.7 Å². The number of benzene rings is 1. The summed E-state index contributed by atoms with van der Waals surface area (Å²) in [6, 6.07) is 8.57. The van der Waals surface area contributed by atoms with E-state index >= 15 is 0 Å². The molecule has 0 spiro atoms. The van der Waals surface area contributed by atoms with Crippen molar-refractivity contribution in [1.82, 2.24) is 0 Å². The van der Waals surface area contributed by atoms with Gasteiger partial charge in [-0.1, -0.05) is 64.1 Å². The first-order chi connectivity index (χ1) is 19.5. The summed E-state index contributed by atoms with van der Waals surface area (Å²) in [5.41, 5.74) is -1.39. The van der Waals surface area contributed by atoms with Gasteiger partial charge in [0.05, 0.1) is 5.56 Å². The number of carbonyl (C=O) groups excluding carboxylic acids is 4. The quantitative estimate of drug-likeness (QED) is 0.290. The number of hydrogen-bond acceptors (Lipinski definition) is 9. The molecular weight excluding hydrogens is 540 g/mol. The molecule has 0 amide bonds. The molecule has 1 fully saturated rings. The Labute approximate surface area is 248 Å². The maximum Gasteiger partial charge on any atom is 0.338 e. The molecule has 2 aliphatic carbocycles. The molecule has 230 valence electrons. The van der Waals surface area contributed by atoms with E-state index in [0.29, 0.717) is 11.1 Å². The molecule has 1 N–H and O–H groups in total. The summed E-state index contributed by atoms with van der Waals surface area (Å²) in [6.07, 6.45) is 2.54. The molecule has 0 heterocycles. The van der Waals surface area contributed by atoms with Gasteiger partial charge in [-0.2, -0.15) is 0 Å². The molecule has 0 aromatic heterocycles. The van der Waals surface area contributed by atoms with Crippen LogP contribution in [0.1, 0.15) is 78.6 Å². The fourth-order valence-electron chi connectivity index (χ4n) is 6.17. The highest BCUT2D eigenvalue weighted by atomic mass is 16.6. The van der Waals surface area contributed by atoms with E-state index in [1.165, 1.54) is 20.8 Å². The van der Waals surface area contributed by atoms with Gasteiger partial charge in [-0.15, -0.1) is 0 Å². The van der Waals surface area contributed by atoms with Gasteiger partial charge in [0.25, 0.3) is 0 Å². The number of esters is 4. The molecule has 9 heteroatoms. The number of ether oxygens (including phenoxy) is 4. The third-order valence-corrected chi connectivity index (χ3v) is 8.31. The standard InChI is InChI=1S/C33H44O9/c1-19-14-15-32(7,8)28(40-23(5)35)17-27(39-22(4)34)20(2)16-26-29(42-31(37)25-12-10-9-11-13-25)21(3)18-33(26,38)30(19)41-24(6)36/h9-16,19,21,26-30,38H,17-18H2,1-8H3/b15-14+,20-16-/t19-,21-,26-,27+,28+,29-,30-,33+/m0/s1. The molecule has 0 unspecified atom stereocenters. The van der Waals surface area contributed by atoms with Gasteiger partial charge in [0.15, 0.2) is 0 Å². The molecule has 1 aromatic carbocycles. The van der Waals surface area contributed by atoms with E-state index in [2.05, 4.69) is 0 Å². The SMILES string of the molecule is CC(=O)O[C@@H]1C[C@@H](OC(C)=O)C(C)(C)/C=C/[C@H](C)[C@H](OC(C)=O)[C@@]2(O)C[C@H](C)[C@H](OC(=O)c3ccccc3)[C@@H]2/C=C\1C. The molecule has 2 aliphatic rings. The summed E-state index contributed by atoms with van der Waals surface area (Å²) in [5, 5.41) is 12.5. The molecule has 8 atom stereocenters. The highest BCUT2D eigenvalue weighted by Gasteiger charge is 2.58. The van der Waals surface area contributed by atoms with Crippen molar-refractivity contribution >= 4 is 23.9 Å². The maximum absolute atomic E-state index is 13.2. The lowest BCUT2D eigenvalue weighted by atomic mass is 9.75. The van der Waals surface area contributed by atoms with Gasteiger partial charge in [-0.05, 0) is 37.0 Å². The third kappa shape index (κ3) is 7.68. The van der Waals surface area contributed by atoms with Crippen LogP contribution in [0.5, 0.6) is 0 Å². The number of hydrogen-bond donors (Lipinski definition) is 1. The Morgan fingerprint density at radius 1 is 0.881 bits per heavy atom. The van der Waals surface area contributed by atoms with E-state index in [0.717, 1.165) is 0 Å². The Bertz CT molecular complexity index is 1220. The minimum Gasteiger partial charge on any atom is -0.461 e. The molecule has 0 bridgehead atoms. The van der Waals surface area contributed by atoms with Gasteiger partial charge >= 0.3 is 23.9 Å². The van der Waals surface area contributed by atoms with Crippen molar-refractivity contribution < 1.29 is 43.2 Å². The van der Waals surface area contributed by atoms with Crippen LogP contribution in [0.25, 0.3) is 0 Å². The number of aliphatic hydroxyl groups is 1. The number of carbonyl (C=O) groups is 4. The summed E-state index contributed by atoms with van der Waals surface area (Å²) in [7, 11) is 0. The topological polar surface area (TPSA) is 125 Å². The Kier molecular flexibility index (Phi) is 10.4. The lowest BCUT2D eigenvalue weighted by Gasteiger charge is -2.41. The number of fused-ring (bicyclic) bond motifs is 1. The Hall–Kier alpha value is -3.46. The Balaban J connectivity index is 2.20. The van der Waals surface area contributed by atoms with Crippen LogP contribution in [-0.4, -0.2) is 59.0 Å². The van der Waals surface area contributed by atoms with Crippen LogP contribution in [0.15, 0.2) is 54.1 Å². The van der Waals surface area contributed by atoms with Crippen LogP contribution in [0.4, 0.5) is 0 Å². The molecule has 0 radical (unpaired) electrons. The lowest BCUT2D eigenvalue weighted by Crippen LogP contribution is -2.52. The molecule has 9 nitrogen and oxygen atoms in total. The van der Waals surface area contributed by atoms with Crippen LogP contribution >= 0.6 is 0 Å². The molecule has 42 heavy (non-hydrogen) atoms. The van der Waals surface area contributed by atoms with Crippen LogP contribution in [0, 0.1) is 23.2 Å². The summed E-state index contributed by atoms with van der Waals surface area (Å²) in [4.78, 5) is 49.9. The summed E-state index contributed by atoms with van der Waals surface area (Å²) < 4.78 is 23.3. The summed E-state index contributed by atoms with van der Waals surface area (Å²) in [6.45, 7) is 13.2. The van der Waals surface area contributed by atoms with Crippen LogP contribution in [0.2, 0.25) is 0 Å². The predicted molar refractivity (Wildman–Crippen MR) is 155 cm³/mol. The molecule has 3 rings (SSSR count). The van der Waals surface area contributed by atoms with Crippen molar-refractivity contribution in [3.8, 4) is 0 Å². The zero-order valence-electron chi connectivity index (χ0n) is 25.8. The first-order valence-electron chi connectivity index (χ1n) is 14.4. The van der Waals surface area contributed by atoms with Crippen LogP contribution in [-0.2, 0) is 33.3 Å². The minimum atomic E-state index is -1.63. The molecule has 0 aliphatic heterocycles. The molecule has 0 saturated heterocycles. The highest BCUT2D eigenvalue weighted by Crippen LogP contribution is 2.48. The zero-order valence-corrected chi connectivity index (χ0v) is 25.8. The average molecular weight is 585 g/mol. The van der Waals surface area contributed by atoms with Gasteiger partial charge in [0, 0.05) is 44.4 Å². The lowest BCUT2D eigenvalue weighted by molar-refractivity contribution is -0.173. The normalized spacial score (nSPS) is 34.7. The van der Waals surface area contributed by atoms with Crippen LogP contribution in [0.3, 0.4) is 0 Å². The van der Waals surface area contributed by atoms with Gasteiger partial charge in [-0.25, -0.2) is 4.79 Å². The highest BCUT2D eigenvalue weighted by molar-refractivity contribution is 5.89. The van der Waals surface area contributed by atoms with Gasteiger partial charge in [0.2, 0.25) is 0 Å². The minimum absolute atomic E-state index is 0.162. The van der Waals surface area contributed by atoms with E-state index in [1.807, 2.05) is 39.8 Å². The van der Waals surface area contributed by atoms with Gasteiger partial charge < -0.3 is 24.1 Å². The summed E-state index contributed by atoms with van der Waals surface area (Å²) >= 11 is 0. The van der Waals surface area contributed by atoms with E-state index in [-0.39, 0.29) is 18.8 Å². The average Bonchev–Trinajstić information content (AvgIpc) is 3.13. The summed E-state index contributed by atoms with van der Waals surface area (Å²) in [5.74, 6) is -3.71. The first-order valence-corrected chi connectivity index (χ1v) is 14.4. The zero-order chi connectivity index (χ0) is 31.4. The smallest absolute Gasteiger partial charge is 0.338 e. The van der Waals surface area contributed by atoms with E-state index in [1.54, 1.807) is 43.3 Å². The van der Waals surface area contributed by atoms with Crippen molar-refractivity contribution in [3.63, 3.8) is 0 Å². The van der Waals surface area contributed by atoms with Crippen molar-refractivity contribution in [2.45, 2.75) is 98.2 Å². The Morgan fingerprint density at radius 2 is 1.48 bits per heavy atom. The maximum atomic E-state index is 13.2. The van der Waals surface area contributed by atoms with Crippen LogP contribution < -0.4 is 0 Å². The predicted octanol–water partition coefficient (Wildman–Crippen LogP) is 4.96. The van der Waals surface area contributed by atoms with Gasteiger partial charge in [-0.3, -0.25) is 14.4 Å². The molecule has 1 aromatic rings. The van der Waals surface area contributed by atoms with Crippen molar-refractivity contribution in [2.24, 2.45) is 23.2 Å². The second-order valence-corrected chi connectivity index (χ2v) is 12.3. The first kappa shape index (κ1) is 33.0. The monoisotopic (exact) mass is 584 g/mol. The second kappa shape index (κ2) is 13.2. The van der Waals surface area contributed by atoms with Crippen molar-refractivity contribution in [2.75, 3.05) is 0 Å². The van der Waals surface area contributed by atoms with E-state index in [9.17, 15) is 24.3 Å². The van der Waals surface area contributed by atoms with E-state index in [4.69, 9.17) is 18.9 Å². The van der Waals surface area contributed by atoms with E-state index < -0.39 is 71.1 Å². The van der Waals surface area contributed by atoms with Gasteiger partial charge in [0.1, 0.15) is 30.0 Å². The fourth-order valence-corrected chi connectivity index (χ4v) is 6.17. The molecule has 1 saturated carbocycles. The number of rotatable bonds is 5. The van der Waals surface area contributed by atoms with Crippen molar-refractivity contribution in [1.29, 1.82) is 0 Å². The largest absolute Gasteiger partial charge is 0.461 e. The third-order valence-electron chi connectivity index (χ3n) is 8.31. The second-order valence-electron chi connectivity index (χ2n) is 12.3.